The molecule has 14 heavy (non-hydrogen) atoms. The molecule has 0 bridgehead atoms. The Morgan fingerprint density at radius 2 is 1.71 bits per heavy atom. The lowest BCUT2D eigenvalue weighted by molar-refractivity contribution is -0.113. The maximum atomic E-state index is 11.2. The smallest absolute Gasteiger partial charge is 0.235 e. The van der Waals surface area contributed by atoms with E-state index in [4.69, 9.17) is 0 Å². The second-order valence-corrected chi connectivity index (χ2v) is 5.61. The Morgan fingerprint density at radius 1 is 1.21 bits per heavy atom. The van der Waals surface area contributed by atoms with Crippen molar-refractivity contribution in [2.75, 3.05) is 10.6 Å². The largest absolute Gasteiger partial charge is 0.323 e. The van der Waals surface area contributed by atoms with Gasteiger partial charge in [0, 0.05) is 13.4 Å². The first-order chi connectivity index (χ1) is 6.54. The van der Waals surface area contributed by atoms with Crippen molar-refractivity contribution < 1.29 is 4.79 Å². The van der Waals surface area contributed by atoms with E-state index in [0.717, 1.165) is 19.1 Å². The molecular weight excluding hydrogens is 446 g/mol. The van der Waals surface area contributed by atoms with Crippen molar-refractivity contribution in [1.82, 2.24) is 0 Å². The van der Waals surface area contributed by atoms with Gasteiger partial charge in [-0.1, -0.05) is 31.9 Å². The van der Waals surface area contributed by atoms with Crippen LogP contribution in [-0.2, 0) is 4.79 Å². The highest BCUT2D eigenvalue weighted by Crippen LogP contribution is 2.34. The predicted molar refractivity (Wildman–Crippen MR) is 72.0 cm³/mol. The average molecular weight is 451 g/mol. The third-order valence-electron chi connectivity index (χ3n) is 1.39. The second kappa shape index (κ2) is 5.63. The number of alkyl halides is 1. The van der Waals surface area contributed by atoms with Crippen LogP contribution in [0.5, 0.6) is 0 Å². The summed E-state index contributed by atoms with van der Waals surface area (Å²) < 4.78 is 2.59. The van der Waals surface area contributed by atoms with Gasteiger partial charge in [0.2, 0.25) is 5.91 Å². The Labute approximate surface area is 115 Å². The molecule has 0 aliphatic carbocycles. The third kappa shape index (κ3) is 3.32. The minimum Gasteiger partial charge on any atom is -0.323 e. The molecule has 0 radical (unpaired) electrons. The molecule has 1 aromatic rings. The van der Waals surface area contributed by atoms with Crippen molar-refractivity contribution >= 4 is 75.3 Å². The summed E-state index contributed by atoms with van der Waals surface area (Å²) in [5, 5.41) is 3.03. The summed E-state index contributed by atoms with van der Waals surface area (Å²) in [7, 11) is 0. The van der Waals surface area contributed by atoms with Crippen LogP contribution in [0, 0.1) is 0 Å². The van der Waals surface area contributed by atoms with E-state index in [1.54, 1.807) is 0 Å². The van der Waals surface area contributed by atoms with Crippen LogP contribution < -0.4 is 5.32 Å². The topological polar surface area (TPSA) is 29.1 Å². The molecule has 76 valence electrons. The first kappa shape index (κ1) is 12.7. The lowest BCUT2D eigenvalue weighted by atomic mass is 10.3. The number of carbonyl (C=O) groups excluding carboxylic acids is 1. The van der Waals surface area contributed by atoms with Crippen LogP contribution in [0.1, 0.15) is 0 Å². The van der Waals surface area contributed by atoms with Crippen LogP contribution in [0.25, 0.3) is 0 Å². The molecule has 1 rings (SSSR count). The van der Waals surface area contributed by atoms with Crippen molar-refractivity contribution in [1.29, 1.82) is 0 Å². The third-order valence-corrected chi connectivity index (χ3v) is 3.61. The number of rotatable bonds is 2. The van der Waals surface area contributed by atoms with E-state index in [9.17, 15) is 4.79 Å². The monoisotopic (exact) mass is 447 g/mol. The number of hydrogen-bond acceptors (Lipinski definition) is 1. The molecule has 0 aliphatic rings. The normalized spacial score (nSPS) is 10.0. The minimum atomic E-state index is -0.0891. The standard InChI is InChI=1S/C8H5Br4NO/c9-3-7(14)13-8-5(11)1-4(10)2-6(8)12/h1-2H,3H2,(H,13,14). The average Bonchev–Trinajstić information content (AvgIpc) is 2.10. The Hall–Kier alpha value is 0.610. The lowest BCUT2D eigenvalue weighted by Gasteiger charge is -2.08. The molecule has 6 heteroatoms. The molecule has 0 unspecified atom stereocenters. The fourth-order valence-electron chi connectivity index (χ4n) is 0.834. The quantitative estimate of drug-likeness (QED) is 0.669. The summed E-state index contributed by atoms with van der Waals surface area (Å²) >= 11 is 13.2. The second-order valence-electron chi connectivity index (χ2n) is 2.43. The molecule has 1 N–H and O–H groups in total. The molecule has 0 aromatic heterocycles. The minimum absolute atomic E-state index is 0.0891. The maximum absolute atomic E-state index is 11.2. The van der Waals surface area contributed by atoms with Gasteiger partial charge >= 0.3 is 0 Å². The molecule has 0 spiro atoms. The first-order valence-electron chi connectivity index (χ1n) is 3.55. The summed E-state index contributed by atoms with van der Waals surface area (Å²) in [4.78, 5) is 11.2. The fourth-order valence-corrected chi connectivity index (χ4v) is 3.43. The number of anilines is 1. The molecule has 1 aromatic carbocycles. The van der Waals surface area contributed by atoms with Crippen LogP contribution >= 0.6 is 63.7 Å². The zero-order chi connectivity index (χ0) is 10.7. The van der Waals surface area contributed by atoms with E-state index in [0.29, 0.717) is 0 Å². The summed E-state index contributed by atoms with van der Waals surface area (Å²) in [6.45, 7) is 0. The Bertz CT molecular complexity index is 343. The lowest BCUT2D eigenvalue weighted by Crippen LogP contribution is -2.13. The number of amides is 1. The molecule has 0 heterocycles. The summed E-state index contributed by atoms with van der Waals surface area (Å²) in [5.41, 5.74) is 0.734. The van der Waals surface area contributed by atoms with E-state index < -0.39 is 0 Å². The Morgan fingerprint density at radius 3 is 2.14 bits per heavy atom. The van der Waals surface area contributed by atoms with Crippen LogP contribution in [0.3, 0.4) is 0 Å². The van der Waals surface area contributed by atoms with Crippen molar-refractivity contribution in [3.63, 3.8) is 0 Å². The first-order valence-corrected chi connectivity index (χ1v) is 7.05. The van der Waals surface area contributed by atoms with Gasteiger partial charge in [-0.2, -0.15) is 0 Å². The van der Waals surface area contributed by atoms with Gasteiger partial charge in [0.05, 0.1) is 11.0 Å². The van der Waals surface area contributed by atoms with E-state index in [2.05, 4.69) is 69.0 Å². The molecule has 0 atom stereocenters. The highest BCUT2D eigenvalue weighted by atomic mass is 79.9. The molecule has 0 saturated heterocycles. The predicted octanol–water partition coefficient (Wildman–Crippen LogP) is 4.31. The number of nitrogens with one attached hydrogen (secondary N) is 1. The zero-order valence-corrected chi connectivity index (χ0v) is 13.1. The molecule has 0 saturated carbocycles. The molecule has 0 fully saturated rings. The van der Waals surface area contributed by atoms with Gasteiger partial charge in [0.15, 0.2) is 0 Å². The molecular formula is C8H5Br4NO. The summed E-state index contributed by atoms with van der Waals surface area (Å²) in [6, 6.07) is 3.74. The number of halogens is 4. The molecule has 2 nitrogen and oxygen atoms in total. The van der Waals surface area contributed by atoms with Gasteiger partial charge in [0.25, 0.3) is 0 Å². The SMILES string of the molecule is O=C(CBr)Nc1c(Br)cc(Br)cc1Br. The van der Waals surface area contributed by atoms with Crippen LogP contribution in [0.15, 0.2) is 25.6 Å². The molecule has 0 aliphatic heterocycles. The van der Waals surface area contributed by atoms with Crippen LogP contribution in [0.2, 0.25) is 0 Å². The van der Waals surface area contributed by atoms with Crippen molar-refractivity contribution in [3.8, 4) is 0 Å². The molecule has 1 amide bonds. The summed E-state index contributed by atoms with van der Waals surface area (Å²) in [6.07, 6.45) is 0. The van der Waals surface area contributed by atoms with E-state index >= 15 is 0 Å². The van der Waals surface area contributed by atoms with Gasteiger partial charge in [-0.25, -0.2) is 0 Å². The highest BCUT2D eigenvalue weighted by molar-refractivity contribution is 9.11. The van der Waals surface area contributed by atoms with Crippen molar-refractivity contribution in [3.05, 3.63) is 25.6 Å². The van der Waals surface area contributed by atoms with Gasteiger partial charge < -0.3 is 5.32 Å². The van der Waals surface area contributed by atoms with Crippen LogP contribution in [-0.4, -0.2) is 11.2 Å². The van der Waals surface area contributed by atoms with Gasteiger partial charge in [0.1, 0.15) is 0 Å². The van der Waals surface area contributed by atoms with Crippen molar-refractivity contribution in [2.45, 2.75) is 0 Å². The summed E-state index contributed by atoms with van der Waals surface area (Å²) in [5.74, 6) is -0.0891. The van der Waals surface area contributed by atoms with E-state index in [1.807, 2.05) is 12.1 Å². The fraction of sp³-hybridized carbons (Fsp3) is 0.125. The van der Waals surface area contributed by atoms with Gasteiger partial charge in [-0.05, 0) is 44.0 Å². The number of benzene rings is 1. The van der Waals surface area contributed by atoms with Crippen molar-refractivity contribution in [2.24, 2.45) is 0 Å². The zero-order valence-electron chi connectivity index (χ0n) is 6.78. The highest BCUT2D eigenvalue weighted by Gasteiger charge is 2.09. The Kier molecular flexibility index (Phi) is 5.10. The van der Waals surface area contributed by atoms with Gasteiger partial charge in [-0.15, -0.1) is 0 Å². The van der Waals surface area contributed by atoms with E-state index in [1.165, 1.54) is 0 Å². The maximum Gasteiger partial charge on any atom is 0.235 e. The number of hydrogen-bond donors (Lipinski definition) is 1. The van der Waals surface area contributed by atoms with Crippen LogP contribution in [0.4, 0.5) is 5.69 Å². The number of carbonyl (C=O) groups is 1. The van der Waals surface area contributed by atoms with Gasteiger partial charge in [-0.3, -0.25) is 4.79 Å². The Balaban J connectivity index is 3.02. The van der Waals surface area contributed by atoms with E-state index in [-0.39, 0.29) is 11.2 Å².